The van der Waals surface area contributed by atoms with Gasteiger partial charge in [0.05, 0.1) is 0 Å². The summed E-state index contributed by atoms with van der Waals surface area (Å²) >= 11 is 0. The van der Waals surface area contributed by atoms with Crippen LogP contribution in [0.3, 0.4) is 0 Å². The van der Waals surface area contributed by atoms with E-state index in [4.69, 9.17) is 5.73 Å². The maximum atomic E-state index is 11.7. The average Bonchev–Trinajstić information content (AvgIpc) is 2.20. The van der Waals surface area contributed by atoms with Gasteiger partial charge in [0.2, 0.25) is 5.91 Å². The second-order valence-corrected chi connectivity index (χ2v) is 7.01. The van der Waals surface area contributed by atoms with Crippen molar-refractivity contribution in [2.75, 3.05) is 20.1 Å². The quantitative estimate of drug-likeness (QED) is 0.664. The molecule has 0 fully saturated rings. The molecule has 4 nitrogen and oxygen atoms in total. The fourth-order valence-electron chi connectivity index (χ4n) is 1.98. The molecule has 0 spiro atoms. The zero-order valence-corrected chi connectivity index (χ0v) is 13.6. The largest absolute Gasteiger partial charge is 0.356 e. The van der Waals surface area contributed by atoms with Crippen LogP contribution in [0.25, 0.3) is 0 Å². The summed E-state index contributed by atoms with van der Waals surface area (Å²) in [5, 5.41) is 2.95. The van der Waals surface area contributed by atoms with Crippen LogP contribution in [0.4, 0.5) is 0 Å². The van der Waals surface area contributed by atoms with Crippen LogP contribution in [0.2, 0.25) is 0 Å². The zero-order valence-electron chi connectivity index (χ0n) is 13.6. The Balaban J connectivity index is 3.70. The Morgan fingerprint density at radius 2 is 1.89 bits per heavy atom. The van der Waals surface area contributed by atoms with E-state index in [-0.39, 0.29) is 17.4 Å². The lowest BCUT2D eigenvalue weighted by Crippen LogP contribution is -2.35. The van der Waals surface area contributed by atoms with Crippen LogP contribution in [0, 0.1) is 5.41 Å². The molecule has 1 atom stereocenters. The van der Waals surface area contributed by atoms with Crippen molar-refractivity contribution in [3.8, 4) is 0 Å². The molecule has 0 radical (unpaired) electrons. The van der Waals surface area contributed by atoms with Crippen LogP contribution in [-0.2, 0) is 4.79 Å². The van der Waals surface area contributed by atoms with Crippen molar-refractivity contribution in [3.63, 3.8) is 0 Å². The molecule has 0 heterocycles. The van der Waals surface area contributed by atoms with E-state index in [1.165, 1.54) is 0 Å². The molecule has 0 aliphatic carbocycles. The second kappa shape index (κ2) is 8.54. The van der Waals surface area contributed by atoms with Gasteiger partial charge in [-0.15, -0.1) is 0 Å². The van der Waals surface area contributed by atoms with Gasteiger partial charge in [0, 0.05) is 25.0 Å². The van der Waals surface area contributed by atoms with E-state index in [9.17, 15) is 4.79 Å². The molecule has 0 aromatic rings. The Morgan fingerprint density at radius 1 is 1.32 bits per heavy atom. The standard InChI is InChI=1S/C15H33N3O/c1-12(2)18(6)9-7-8-17-14(19)10-13(16)11-15(3,4)5/h12-13H,7-11,16H2,1-6H3,(H,17,19). The topological polar surface area (TPSA) is 58.4 Å². The Kier molecular flexibility index (Phi) is 8.26. The highest BCUT2D eigenvalue weighted by atomic mass is 16.1. The van der Waals surface area contributed by atoms with Gasteiger partial charge in [-0.1, -0.05) is 20.8 Å². The molecule has 4 heteroatoms. The highest BCUT2D eigenvalue weighted by Gasteiger charge is 2.17. The van der Waals surface area contributed by atoms with Gasteiger partial charge in [-0.3, -0.25) is 4.79 Å². The first-order valence-electron chi connectivity index (χ1n) is 7.34. The molecule has 0 saturated carbocycles. The third-order valence-electron chi connectivity index (χ3n) is 3.21. The minimum Gasteiger partial charge on any atom is -0.356 e. The molecule has 0 rings (SSSR count). The summed E-state index contributed by atoms with van der Waals surface area (Å²) in [5.41, 5.74) is 6.16. The number of carbonyl (C=O) groups excluding carboxylic acids is 1. The molecule has 0 aromatic heterocycles. The Bertz CT molecular complexity index is 259. The molecular weight excluding hydrogens is 238 g/mol. The predicted octanol–water partition coefficient (Wildman–Crippen LogP) is 1.99. The monoisotopic (exact) mass is 271 g/mol. The minimum absolute atomic E-state index is 0.0432. The van der Waals surface area contributed by atoms with E-state index in [0.29, 0.717) is 12.5 Å². The van der Waals surface area contributed by atoms with E-state index in [2.05, 4.69) is 51.9 Å². The Hall–Kier alpha value is -0.610. The number of rotatable bonds is 8. The van der Waals surface area contributed by atoms with Crippen LogP contribution >= 0.6 is 0 Å². The normalized spacial score (nSPS) is 13.9. The van der Waals surface area contributed by atoms with E-state index < -0.39 is 0 Å². The van der Waals surface area contributed by atoms with Gasteiger partial charge < -0.3 is 16.0 Å². The number of hydrogen-bond donors (Lipinski definition) is 2. The first-order valence-corrected chi connectivity index (χ1v) is 7.34. The van der Waals surface area contributed by atoms with Crippen molar-refractivity contribution in [3.05, 3.63) is 0 Å². The lowest BCUT2D eigenvalue weighted by atomic mass is 9.87. The molecule has 1 unspecified atom stereocenters. The molecule has 0 aliphatic heterocycles. The van der Waals surface area contributed by atoms with E-state index >= 15 is 0 Å². The lowest BCUT2D eigenvalue weighted by Gasteiger charge is -2.23. The van der Waals surface area contributed by atoms with Gasteiger partial charge in [0.25, 0.3) is 0 Å². The van der Waals surface area contributed by atoms with Gasteiger partial charge in [0.1, 0.15) is 0 Å². The second-order valence-electron chi connectivity index (χ2n) is 7.01. The van der Waals surface area contributed by atoms with Crippen LogP contribution in [0.1, 0.15) is 53.9 Å². The third-order valence-corrected chi connectivity index (χ3v) is 3.21. The summed E-state index contributed by atoms with van der Waals surface area (Å²) in [6.45, 7) is 12.5. The number of carbonyl (C=O) groups is 1. The number of hydrogen-bond acceptors (Lipinski definition) is 3. The first-order chi connectivity index (χ1) is 8.61. The highest BCUT2D eigenvalue weighted by molar-refractivity contribution is 5.76. The number of nitrogens with one attached hydrogen (secondary N) is 1. The Labute approximate surface area is 119 Å². The minimum atomic E-state index is -0.0432. The fourth-order valence-corrected chi connectivity index (χ4v) is 1.98. The number of nitrogens with two attached hydrogens (primary N) is 1. The Morgan fingerprint density at radius 3 is 2.37 bits per heavy atom. The molecule has 0 bridgehead atoms. The summed E-state index contributed by atoms with van der Waals surface area (Å²) in [6, 6.07) is 0.509. The number of amides is 1. The van der Waals surface area contributed by atoms with Gasteiger partial charge in [-0.25, -0.2) is 0 Å². The smallest absolute Gasteiger partial charge is 0.221 e. The predicted molar refractivity (Wildman–Crippen MR) is 82.1 cm³/mol. The maximum Gasteiger partial charge on any atom is 0.221 e. The van der Waals surface area contributed by atoms with Crippen molar-refractivity contribution in [1.82, 2.24) is 10.2 Å². The summed E-state index contributed by atoms with van der Waals surface area (Å²) < 4.78 is 0. The van der Waals surface area contributed by atoms with Crippen molar-refractivity contribution < 1.29 is 4.79 Å². The van der Waals surface area contributed by atoms with E-state index in [1.807, 2.05) is 0 Å². The average molecular weight is 271 g/mol. The summed E-state index contributed by atoms with van der Waals surface area (Å²) in [7, 11) is 2.10. The molecule has 0 saturated heterocycles. The summed E-state index contributed by atoms with van der Waals surface area (Å²) in [6.07, 6.45) is 2.28. The van der Waals surface area contributed by atoms with Crippen molar-refractivity contribution in [1.29, 1.82) is 0 Å². The van der Waals surface area contributed by atoms with Gasteiger partial charge in [0.15, 0.2) is 0 Å². The van der Waals surface area contributed by atoms with Gasteiger partial charge in [-0.2, -0.15) is 0 Å². The third kappa shape index (κ3) is 11.0. The summed E-state index contributed by atoms with van der Waals surface area (Å²) in [4.78, 5) is 14.0. The van der Waals surface area contributed by atoms with Crippen LogP contribution < -0.4 is 11.1 Å². The van der Waals surface area contributed by atoms with E-state index in [1.54, 1.807) is 0 Å². The van der Waals surface area contributed by atoms with Crippen molar-refractivity contribution >= 4 is 5.91 Å². The fraction of sp³-hybridized carbons (Fsp3) is 0.933. The SMILES string of the molecule is CC(C)N(C)CCCNC(=O)CC(N)CC(C)(C)C. The molecular formula is C15H33N3O. The van der Waals surface area contributed by atoms with Crippen LogP contribution in [-0.4, -0.2) is 43.0 Å². The molecule has 114 valence electrons. The summed E-state index contributed by atoms with van der Waals surface area (Å²) in [5.74, 6) is 0.0731. The van der Waals surface area contributed by atoms with Crippen LogP contribution in [0.5, 0.6) is 0 Å². The molecule has 19 heavy (non-hydrogen) atoms. The van der Waals surface area contributed by atoms with Gasteiger partial charge in [-0.05, 0) is 45.7 Å². The molecule has 3 N–H and O–H groups in total. The number of nitrogens with zero attached hydrogens (tertiary/aromatic N) is 1. The van der Waals surface area contributed by atoms with E-state index in [0.717, 1.165) is 25.9 Å². The molecule has 0 aliphatic rings. The molecule has 1 amide bonds. The van der Waals surface area contributed by atoms with Crippen LogP contribution in [0.15, 0.2) is 0 Å². The lowest BCUT2D eigenvalue weighted by molar-refractivity contribution is -0.121. The molecule has 0 aromatic carbocycles. The van der Waals surface area contributed by atoms with Gasteiger partial charge >= 0.3 is 0 Å². The van der Waals surface area contributed by atoms with Crippen molar-refractivity contribution in [2.24, 2.45) is 11.1 Å². The maximum absolute atomic E-state index is 11.7. The zero-order chi connectivity index (χ0) is 15.1. The van der Waals surface area contributed by atoms with Crippen molar-refractivity contribution in [2.45, 2.75) is 66.0 Å². The highest BCUT2D eigenvalue weighted by Crippen LogP contribution is 2.20. The first kappa shape index (κ1) is 18.4.